The predicted molar refractivity (Wildman–Crippen MR) is 62.4 cm³/mol. The van der Waals surface area contributed by atoms with Crippen LogP contribution in [-0.4, -0.2) is 0 Å². The molecule has 3 heteroatoms. The summed E-state index contributed by atoms with van der Waals surface area (Å²) in [6.07, 6.45) is 5.50. The van der Waals surface area contributed by atoms with Crippen molar-refractivity contribution in [2.24, 2.45) is 0 Å². The first-order valence-corrected chi connectivity index (χ1v) is 5.18. The van der Waals surface area contributed by atoms with E-state index in [1.54, 1.807) is 0 Å². The third kappa shape index (κ3) is 3.68. The van der Waals surface area contributed by atoms with Crippen LogP contribution in [0.3, 0.4) is 0 Å². The van der Waals surface area contributed by atoms with Crippen molar-refractivity contribution in [3.05, 3.63) is 77.4 Å². The zero-order valence-electron chi connectivity index (χ0n) is 9.61. The zero-order chi connectivity index (χ0) is 10.1. The topological polar surface area (TPSA) is 0 Å². The fourth-order valence-corrected chi connectivity index (χ4v) is 2.09. The van der Waals surface area contributed by atoms with Crippen LogP contribution < -0.4 is 48.0 Å². The normalized spacial score (nSPS) is 14.8. The second-order valence-corrected chi connectivity index (χ2v) is 3.78. The third-order valence-corrected chi connectivity index (χ3v) is 2.85. The van der Waals surface area contributed by atoms with E-state index < -0.39 is 0 Å². The standard InChI is InChI=1S/C15H11.2HI.Ti/c1-2-6-12(7-3-1)15-11-10-13-8-4-5-9-14(13)15;;;/h1-10,15H;2*1H;/q-1;;;+3/p-2. The van der Waals surface area contributed by atoms with E-state index in [1.165, 1.54) is 16.7 Å². The number of benzene rings is 2. The zero-order valence-corrected chi connectivity index (χ0v) is 15.5. The summed E-state index contributed by atoms with van der Waals surface area (Å²) in [6.45, 7) is 0. The Morgan fingerprint density at radius 2 is 1.39 bits per heavy atom. The summed E-state index contributed by atoms with van der Waals surface area (Å²) < 4.78 is 0. The van der Waals surface area contributed by atoms with Gasteiger partial charge in [-0.05, 0) is 0 Å². The van der Waals surface area contributed by atoms with E-state index in [9.17, 15) is 0 Å². The van der Waals surface area contributed by atoms with Gasteiger partial charge in [-0.2, -0.15) is 5.56 Å². The molecule has 0 aliphatic heterocycles. The molecule has 3 rings (SSSR count). The van der Waals surface area contributed by atoms with Crippen molar-refractivity contribution >= 4 is 6.08 Å². The summed E-state index contributed by atoms with van der Waals surface area (Å²) in [4.78, 5) is 0. The molecule has 2 aromatic carbocycles. The van der Waals surface area contributed by atoms with E-state index >= 15 is 0 Å². The molecule has 0 saturated heterocycles. The first-order valence-electron chi connectivity index (χ1n) is 5.18. The van der Waals surface area contributed by atoms with Gasteiger partial charge in [0, 0.05) is 0 Å². The van der Waals surface area contributed by atoms with E-state index in [2.05, 4.69) is 60.7 Å². The summed E-state index contributed by atoms with van der Waals surface area (Å²) in [5, 5.41) is 0. The van der Waals surface area contributed by atoms with Crippen LogP contribution in [0.5, 0.6) is 0 Å². The number of rotatable bonds is 1. The molecule has 0 amide bonds. The number of hydrogen-bond acceptors (Lipinski definition) is 0. The molecule has 0 N–H and O–H groups in total. The van der Waals surface area contributed by atoms with Crippen LogP contribution in [0, 0.1) is 6.08 Å². The molecular formula is C15H11I2Ti. The largest absolute Gasteiger partial charge is 3.00 e. The Kier molecular flexibility index (Phi) is 8.68. The Balaban J connectivity index is 0.000000963. The van der Waals surface area contributed by atoms with Gasteiger partial charge < -0.3 is 48.0 Å². The average molecular weight is 493 g/mol. The molecule has 0 fully saturated rings. The van der Waals surface area contributed by atoms with Crippen LogP contribution in [-0.2, 0) is 21.7 Å². The molecular weight excluding hydrogens is 482 g/mol. The minimum atomic E-state index is 0. The average Bonchev–Trinajstić information content (AvgIpc) is 2.74. The summed E-state index contributed by atoms with van der Waals surface area (Å²) in [7, 11) is 0. The van der Waals surface area contributed by atoms with E-state index in [0.717, 1.165) is 0 Å². The SMILES string of the molecule is [C-]1=Cc2ccccc2C1c1ccccc1.[I-].[I-].[Ti+3]. The first kappa shape index (κ1) is 18.4. The molecule has 0 saturated carbocycles. The smallest absolute Gasteiger partial charge is 1.00 e. The van der Waals surface area contributed by atoms with Crippen LogP contribution in [0.2, 0.25) is 0 Å². The van der Waals surface area contributed by atoms with Crippen LogP contribution in [0.25, 0.3) is 6.08 Å². The second kappa shape index (κ2) is 8.51. The summed E-state index contributed by atoms with van der Waals surface area (Å²) >= 11 is 0. The Hall–Kier alpha value is 0.354. The molecule has 1 unspecified atom stereocenters. The van der Waals surface area contributed by atoms with Crippen molar-refractivity contribution < 1.29 is 69.7 Å². The van der Waals surface area contributed by atoms with E-state index in [1.807, 2.05) is 6.07 Å². The minimum Gasteiger partial charge on any atom is -1.00 e. The van der Waals surface area contributed by atoms with Gasteiger partial charge in [-0.3, -0.25) is 6.08 Å². The Morgan fingerprint density at radius 1 is 0.778 bits per heavy atom. The minimum absolute atomic E-state index is 0. The van der Waals surface area contributed by atoms with Gasteiger partial charge >= 0.3 is 21.7 Å². The molecule has 0 aromatic heterocycles. The molecule has 1 radical (unpaired) electrons. The Bertz CT molecular complexity index is 509. The fraction of sp³-hybridized carbons (Fsp3) is 0.0667. The van der Waals surface area contributed by atoms with Crippen molar-refractivity contribution in [3.8, 4) is 0 Å². The fourth-order valence-electron chi connectivity index (χ4n) is 2.09. The van der Waals surface area contributed by atoms with E-state index in [-0.39, 0.29) is 69.7 Å². The van der Waals surface area contributed by atoms with Crippen LogP contribution in [0.1, 0.15) is 22.6 Å². The molecule has 1 aliphatic carbocycles. The van der Waals surface area contributed by atoms with Gasteiger partial charge in [0.25, 0.3) is 0 Å². The van der Waals surface area contributed by atoms with Gasteiger partial charge in [-0.25, -0.2) is 6.08 Å². The molecule has 2 aromatic rings. The molecule has 0 spiro atoms. The molecule has 18 heavy (non-hydrogen) atoms. The quantitative estimate of drug-likeness (QED) is 0.238. The molecule has 0 heterocycles. The van der Waals surface area contributed by atoms with Gasteiger partial charge in [0.2, 0.25) is 0 Å². The van der Waals surface area contributed by atoms with Gasteiger partial charge in [-0.15, -0.1) is 11.6 Å². The van der Waals surface area contributed by atoms with Crippen LogP contribution in [0.15, 0.2) is 54.6 Å². The van der Waals surface area contributed by atoms with Crippen LogP contribution >= 0.6 is 0 Å². The third-order valence-electron chi connectivity index (χ3n) is 2.85. The van der Waals surface area contributed by atoms with Crippen molar-refractivity contribution in [3.63, 3.8) is 0 Å². The van der Waals surface area contributed by atoms with Crippen LogP contribution in [0.4, 0.5) is 0 Å². The van der Waals surface area contributed by atoms with Gasteiger partial charge in [0.1, 0.15) is 0 Å². The number of hydrogen-bond donors (Lipinski definition) is 0. The van der Waals surface area contributed by atoms with Gasteiger partial charge in [0.05, 0.1) is 0 Å². The maximum atomic E-state index is 3.41. The van der Waals surface area contributed by atoms with E-state index in [0.29, 0.717) is 5.92 Å². The maximum Gasteiger partial charge on any atom is 3.00 e. The number of halogens is 2. The maximum absolute atomic E-state index is 3.41. The van der Waals surface area contributed by atoms with Gasteiger partial charge in [0.15, 0.2) is 0 Å². The van der Waals surface area contributed by atoms with Crippen molar-refractivity contribution in [2.75, 3.05) is 0 Å². The van der Waals surface area contributed by atoms with Gasteiger partial charge in [-0.1, -0.05) is 60.0 Å². The Labute approximate surface area is 157 Å². The summed E-state index contributed by atoms with van der Waals surface area (Å²) in [6, 6.07) is 19.0. The van der Waals surface area contributed by atoms with E-state index in [4.69, 9.17) is 0 Å². The monoisotopic (exact) mass is 493 g/mol. The Morgan fingerprint density at radius 3 is 2.11 bits per heavy atom. The predicted octanol–water partition coefficient (Wildman–Crippen LogP) is -2.35. The van der Waals surface area contributed by atoms with Crippen molar-refractivity contribution in [1.82, 2.24) is 0 Å². The molecule has 1 atom stereocenters. The molecule has 0 nitrogen and oxygen atoms in total. The molecule has 89 valence electrons. The molecule has 1 aliphatic rings. The number of allylic oxidation sites excluding steroid dienone is 1. The number of fused-ring (bicyclic) bond motifs is 1. The first-order chi connectivity index (χ1) is 7.45. The van der Waals surface area contributed by atoms with Crippen molar-refractivity contribution in [1.29, 1.82) is 0 Å². The van der Waals surface area contributed by atoms with Crippen molar-refractivity contribution in [2.45, 2.75) is 5.92 Å². The summed E-state index contributed by atoms with van der Waals surface area (Å²) in [5.41, 5.74) is 3.98. The second-order valence-electron chi connectivity index (χ2n) is 3.78. The summed E-state index contributed by atoms with van der Waals surface area (Å²) in [5.74, 6) is 0.322. The molecule has 0 bridgehead atoms.